The Morgan fingerprint density at radius 3 is 1.46 bits per heavy atom. The van der Waals surface area contributed by atoms with Crippen molar-refractivity contribution < 1.29 is 44.4 Å². The minimum atomic E-state index is -1.20. The number of aliphatic carboxylic acids is 4. The van der Waals surface area contributed by atoms with Gasteiger partial charge in [0.25, 0.3) is 0 Å². The Kier molecular flexibility index (Phi) is 12.5. The van der Waals surface area contributed by atoms with Crippen LogP contribution in [0.25, 0.3) is 0 Å². The molecule has 1 atom stereocenters. The van der Waals surface area contributed by atoms with Gasteiger partial charge in [-0.1, -0.05) is 0 Å². The number of carboxylic acids is 4. The summed E-state index contributed by atoms with van der Waals surface area (Å²) in [4.78, 5) is 59.2. The quantitative estimate of drug-likeness (QED) is 0.139. The van der Waals surface area contributed by atoms with Crippen LogP contribution in [0.2, 0.25) is 0 Å². The molecule has 0 spiro atoms. The zero-order valence-electron chi connectivity index (χ0n) is 15.3. The molecule has 1 unspecified atom stereocenters. The summed E-state index contributed by atoms with van der Waals surface area (Å²) in [5.41, 5.74) is 0. The largest absolute Gasteiger partial charge is 0.480 e. The number of hydrogen-bond acceptors (Lipinski definition) is 8. The molecule has 0 rings (SSSR count). The third-order valence-electron chi connectivity index (χ3n) is 3.62. The monoisotopic (exact) mass is 517 g/mol. The molecule has 0 aromatic rings. The van der Waals surface area contributed by atoms with Gasteiger partial charge in [-0.2, -0.15) is 0 Å². The van der Waals surface area contributed by atoms with E-state index in [9.17, 15) is 24.0 Å². The minimum Gasteiger partial charge on any atom is -0.480 e. The van der Waals surface area contributed by atoms with Gasteiger partial charge in [-0.15, -0.1) is 0 Å². The van der Waals surface area contributed by atoms with Crippen molar-refractivity contribution in [3.05, 3.63) is 0 Å². The van der Waals surface area contributed by atoms with Crippen molar-refractivity contribution in [2.75, 3.05) is 52.4 Å². The molecule has 0 saturated carbocycles. The number of carbonyl (C=O) groups excluding carboxylic acids is 1. The molecule has 0 aromatic carbocycles. The van der Waals surface area contributed by atoms with Gasteiger partial charge >= 0.3 is 23.9 Å². The summed E-state index contributed by atoms with van der Waals surface area (Å²) in [6.45, 7) is -0.0526. The van der Waals surface area contributed by atoms with Gasteiger partial charge in [-0.3, -0.25) is 38.7 Å². The van der Waals surface area contributed by atoms with E-state index in [1.54, 1.807) is 34.4 Å². The van der Waals surface area contributed by atoms with Crippen molar-refractivity contribution in [2.45, 2.75) is 13.0 Å². The maximum atomic E-state index is 11.5. The molecular formula is C15H24IN3O9. The minimum absolute atomic E-state index is 0.0349. The third kappa shape index (κ3) is 13.3. The van der Waals surface area contributed by atoms with E-state index in [0.29, 0.717) is 0 Å². The fourth-order valence-electron chi connectivity index (χ4n) is 2.49. The molecule has 28 heavy (non-hydrogen) atoms. The SMILES string of the molecule is CC(CN(CCN(CC(=O)O)CC(=O)O)CC(=O)I)N(CC(=O)O)CC(=O)O. The highest BCUT2D eigenvalue weighted by atomic mass is 127. The van der Waals surface area contributed by atoms with Gasteiger partial charge in [-0.25, -0.2) is 0 Å². The van der Waals surface area contributed by atoms with E-state index in [2.05, 4.69) is 0 Å². The number of halogens is 1. The molecule has 0 saturated heterocycles. The highest BCUT2D eigenvalue weighted by Gasteiger charge is 2.23. The lowest BCUT2D eigenvalue weighted by molar-refractivity contribution is -0.144. The molecule has 12 nitrogen and oxygen atoms in total. The lowest BCUT2D eigenvalue weighted by Crippen LogP contribution is -2.49. The first-order chi connectivity index (χ1) is 12.9. The first kappa shape index (κ1) is 26.2. The highest BCUT2D eigenvalue weighted by Crippen LogP contribution is 2.05. The maximum Gasteiger partial charge on any atom is 0.317 e. The third-order valence-corrected chi connectivity index (χ3v) is 3.96. The molecule has 0 fully saturated rings. The van der Waals surface area contributed by atoms with Gasteiger partial charge in [0, 0.05) is 48.3 Å². The van der Waals surface area contributed by atoms with Crippen LogP contribution in [-0.4, -0.2) is 121 Å². The van der Waals surface area contributed by atoms with Crippen molar-refractivity contribution in [1.82, 2.24) is 14.7 Å². The number of nitrogens with zero attached hydrogens (tertiary/aromatic N) is 3. The first-order valence-electron chi connectivity index (χ1n) is 8.15. The van der Waals surface area contributed by atoms with Crippen LogP contribution in [-0.2, 0) is 24.0 Å². The van der Waals surface area contributed by atoms with Crippen molar-refractivity contribution in [2.24, 2.45) is 0 Å². The number of hydrogen-bond donors (Lipinski definition) is 4. The van der Waals surface area contributed by atoms with Crippen LogP contribution < -0.4 is 0 Å². The van der Waals surface area contributed by atoms with Crippen LogP contribution in [0.4, 0.5) is 0 Å². The Bertz CT molecular complexity index is 555. The fraction of sp³-hybridized carbons (Fsp3) is 0.667. The lowest BCUT2D eigenvalue weighted by Gasteiger charge is -2.32. The fourth-order valence-corrected chi connectivity index (χ4v) is 2.98. The van der Waals surface area contributed by atoms with Crippen LogP contribution in [0.3, 0.4) is 0 Å². The van der Waals surface area contributed by atoms with E-state index in [4.69, 9.17) is 20.4 Å². The van der Waals surface area contributed by atoms with Crippen LogP contribution in [0.15, 0.2) is 0 Å². The molecule has 13 heteroatoms. The van der Waals surface area contributed by atoms with Gasteiger partial charge in [0.2, 0.25) is 3.79 Å². The summed E-state index contributed by atoms with van der Waals surface area (Å²) >= 11 is 1.57. The van der Waals surface area contributed by atoms with E-state index in [1.165, 1.54) is 9.80 Å². The Morgan fingerprint density at radius 1 is 0.714 bits per heavy atom. The zero-order valence-corrected chi connectivity index (χ0v) is 17.4. The topological polar surface area (TPSA) is 176 Å². The summed E-state index contributed by atoms with van der Waals surface area (Å²) in [6, 6.07) is -0.532. The van der Waals surface area contributed by atoms with E-state index < -0.39 is 56.1 Å². The molecular weight excluding hydrogens is 493 g/mol. The van der Waals surface area contributed by atoms with Crippen LogP contribution in [0.1, 0.15) is 6.92 Å². The lowest BCUT2D eigenvalue weighted by atomic mass is 10.2. The molecule has 0 aromatic heterocycles. The Morgan fingerprint density at radius 2 is 1.11 bits per heavy atom. The first-order valence-corrected chi connectivity index (χ1v) is 9.22. The van der Waals surface area contributed by atoms with E-state index in [0.717, 1.165) is 0 Å². The maximum absolute atomic E-state index is 11.5. The van der Waals surface area contributed by atoms with Gasteiger partial charge in [0.1, 0.15) is 0 Å². The molecule has 0 aliphatic heterocycles. The molecule has 0 bridgehead atoms. The van der Waals surface area contributed by atoms with E-state index in [1.807, 2.05) is 0 Å². The summed E-state index contributed by atoms with van der Waals surface area (Å²) in [5, 5.41) is 35.6. The molecule has 0 heterocycles. The molecule has 0 aliphatic rings. The molecule has 0 radical (unpaired) electrons. The molecule has 160 valence electrons. The molecule has 4 N–H and O–H groups in total. The molecule has 0 amide bonds. The predicted octanol–water partition coefficient (Wildman–Crippen LogP) is -1.42. The standard InChI is InChI=1S/C15H24IN3O9/c1-10(19(8-14(25)26)9-15(27)28)4-17(5-11(16)20)2-3-18(6-12(21)22)7-13(23)24/h10H,2-9H2,1H3,(H,21,22)(H,23,24)(H,25,26)(H,27,28). The van der Waals surface area contributed by atoms with Crippen molar-refractivity contribution in [1.29, 1.82) is 0 Å². The van der Waals surface area contributed by atoms with Gasteiger partial charge in [0.05, 0.1) is 32.7 Å². The number of rotatable bonds is 16. The number of carboxylic acid groups (broad SMARTS) is 4. The summed E-state index contributed by atoms with van der Waals surface area (Å²) < 4.78 is -0.226. The van der Waals surface area contributed by atoms with Gasteiger partial charge in [-0.05, 0) is 6.92 Å². The predicted molar refractivity (Wildman–Crippen MR) is 103 cm³/mol. The Labute approximate surface area is 174 Å². The van der Waals surface area contributed by atoms with E-state index in [-0.39, 0.29) is 30.0 Å². The normalized spacial score (nSPS) is 12.3. The van der Waals surface area contributed by atoms with Gasteiger partial charge < -0.3 is 20.4 Å². The summed E-state index contributed by atoms with van der Waals surface area (Å²) in [6.07, 6.45) is 0. The average Bonchev–Trinajstić information content (AvgIpc) is 2.49. The zero-order chi connectivity index (χ0) is 21.9. The second kappa shape index (κ2) is 13.4. The van der Waals surface area contributed by atoms with Gasteiger partial charge in [0.15, 0.2) is 0 Å². The van der Waals surface area contributed by atoms with Crippen LogP contribution in [0, 0.1) is 0 Å². The molecule has 0 aliphatic carbocycles. The van der Waals surface area contributed by atoms with E-state index >= 15 is 0 Å². The average molecular weight is 517 g/mol. The van der Waals surface area contributed by atoms with Crippen molar-refractivity contribution in [3.63, 3.8) is 0 Å². The highest BCUT2D eigenvalue weighted by molar-refractivity contribution is 14.1. The Balaban J connectivity index is 5.08. The second-order valence-electron chi connectivity index (χ2n) is 6.13. The smallest absolute Gasteiger partial charge is 0.317 e. The van der Waals surface area contributed by atoms with Crippen LogP contribution in [0.5, 0.6) is 0 Å². The van der Waals surface area contributed by atoms with Crippen molar-refractivity contribution in [3.8, 4) is 0 Å². The van der Waals surface area contributed by atoms with Crippen molar-refractivity contribution >= 4 is 50.3 Å². The summed E-state index contributed by atoms with van der Waals surface area (Å²) in [5.74, 6) is -4.78. The summed E-state index contributed by atoms with van der Waals surface area (Å²) in [7, 11) is 0. The number of carbonyl (C=O) groups is 5. The second-order valence-corrected chi connectivity index (χ2v) is 7.33. The Hall–Kier alpha value is -1.84. The van der Waals surface area contributed by atoms with Crippen LogP contribution >= 0.6 is 22.6 Å².